The van der Waals surface area contributed by atoms with E-state index in [-0.39, 0.29) is 10.9 Å². The number of halogens is 3. The number of anilines is 1. The fourth-order valence-electron chi connectivity index (χ4n) is 1.43. The van der Waals surface area contributed by atoms with Gasteiger partial charge in [-0.05, 0) is 18.2 Å². The van der Waals surface area contributed by atoms with E-state index in [0.717, 1.165) is 0 Å². The first kappa shape index (κ1) is 10.8. The van der Waals surface area contributed by atoms with Gasteiger partial charge in [0, 0.05) is 15.8 Å². The van der Waals surface area contributed by atoms with Gasteiger partial charge >= 0.3 is 6.18 Å². The first-order valence-electron chi connectivity index (χ1n) is 4.23. The van der Waals surface area contributed by atoms with Crippen LogP contribution in [0, 0.1) is 11.3 Å². The summed E-state index contributed by atoms with van der Waals surface area (Å²) in [6.07, 6.45) is -4.50. The maximum atomic E-state index is 12.6. The summed E-state index contributed by atoms with van der Waals surface area (Å²) in [6, 6.07) is 5.98. The Morgan fingerprint density at radius 1 is 1.31 bits per heavy atom. The van der Waals surface area contributed by atoms with Gasteiger partial charge in [0.15, 0.2) is 0 Å². The Balaban J connectivity index is 2.84. The quantitative estimate of drug-likeness (QED) is 0.720. The zero-order chi connectivity index (χ0) is 11.9. The van der Waals surface area contributed by atoms with Crippen LogP contribution in [0.4, 0.5) is 18.9 Å². The van der Waals surface area contributed by atoms with Gasteiger partial charge in [0.05, 0.1) is 5.56 Å². The second kappa shape index (κ2) is 3.39. The van der Waals surface area contributed by atoms with Crippen molar-refractivity contribution in [2.75, 3.05) is 5.73 Å². The highest BCUT2D eigenvalue weighted by atomic mass is 32.1. The molecule has 2 rings (SSSR count). The predicted molar refractivity (Wildman–Crippen MR) is 56.0 cm³/mol. The van der Waals surface area contributed by atoms with Crippen LogP contribution in [0.5, 0.6) is 0 Å². The molecule has 0 radical (unpaired) electrons. The fourth-order valence-corrected chi connectivity index (χ4v) is 2.43. The third-order valence-electron chi connectivity index (χ3n) is 2.08. The third-order valence-corrected chi connectivity index (χ3v) is 3.30. The smallest absolute Gasteiger partial charge is 0.399 e. The highest BCUT2D eigenvalue weighted by Gasteiger charge is 2.36. The summed E-state index contributed by atoms with van der Waals surface area (Å²) >= 11 is 0.561. The van der Waals surface area contributed by atoms with Gasteiger partial charge in [0.1, 0.15) is 10.9 Å². The van der Waals surface area contributed by atoms with Crippen molar-refractivity contribution in [1.29, 1.82) is 5.26 Å². The first-order valence-corrected chi connectivity index (χ1v) is 5.04. The molecule has 0 aliphatic carbocycles. The summed E-state index contributed by atoms with van der Waals surface area (Å²) < 4.78 is 38.2. The molecule has 1 heterocycles. The molecule has 0 aliphatic rings. The Labute approximate surface area is 92.7 Å². The van der Waals surface area contributed by atoms with Gasteiger partial charge in [-0.1, -0.05) is 0 Å². The fraction of sp³-hybridized carbons (Fsp3) is 0.100. The number of thiophene rings is 1. The molecule has 0 unspecified atom stereocenters. The number of benzene rings is 1. The Hall–Kier alpha value is -1.74. The van der Waals surface area contributed by atoms with Gasteiger partial charge in [-0.2, -0.15) is 18.4 Å². The van der Waals surface area contributed by atoms with Crippen LogP contribution in [0.2, 0.25) is 0 Å². The van der Waals surface area contributed by atoms with Crippen LogP contribution >= 0.6 is 11.3 Å². The molecule has 2 nitrogen and oxygen atoms in total. The largest absolute Gasteiger partial charge is 0.426 e. The zero-order valence-corrected chi connectivity index (χ0v) is 8.62. The predicted octanol–water partition coefficient (Wildman–Crippen LogP) is 3.37. The van der Waals surface area contributed by atoms with E-state index in [2.05, 4.69) is 0 Å². The standard InChI is InChI=1S/C10H5F3N2S/c11-10(12,13)9-7(4-14)6-3-5(15)1-2-8(6)16-9/h1-3H,15H2. The number of nitrogens with two attached hydrogens (primary N) is 1. The number of hydrogen-bond acceptors (Lipinski definition) is 3. The molecule has 2 N–H and O–H groups in total. The Morgan fingerprint density at radius 3 is 2.56 bits per heavy atom. The van der Waals surface area contributed by atoms with Crippen LogP contribution in [0.25, 0.3) is 10.1 Å². The van der Waals surface area contributed by atoms with Crippen molar-refractivity contribution in [2.45, 2.75) is 6.18 Å². The SMILES string of the molecule is N#Cc1c(C(F)(F)F)sc2ccc(N)cc12. The van der Waals surface area contributed by atoms with E-state index in [1.165, 1.54) is 18.2 Å². The van der Waals surface area contributed by atoms with Crippen LogP contribution in [-0.4, -0.2) is 0 Å². The molecule has 1 aromatic carbocycles. The van der Waals surface area contributed by atoms with E-state index >= 15 is 0 Å². The number of fused-ring (bicyclic) bond motifs is 1. The van der Waals surface area contributed by atoms with Crippen molar-refractivity contribution in [3.63, 3.8) is 0 Å². The van der Waals surface area contributed by atoms with Crippen molar-refractivity contribution in [2.24, 2.45) is 0 Å². The highest BCUT2D eigenvalue weighted by molar-refractivity contribution is 7.19. The summed E-state index contributed by atoms with van der Waals surface area (Å²) in [7, 11) is 0. The first-order chi connectivity index (χ1) is 7.43. The molecule has 0 bridgehead atoms. The number of nitrogen functional groups attached to an aromatic ring is 1. The van der Waals surface area contributed by atoms with Crippen LogP contribution in [0.3, 0.4) is 0 Å². The number of alkyl halides is 3. The summed E-state index contributed by atoms with van der Waals surface area (Å²) in [4.78, 5) is -0.865. The van der Waals surface area contributed by atoms with Crippen molar-refractivity contribution in [1.82, 2.24) is 0 Å². The van der Waals surface area contributed by atoms with Crippen molar-refractivity contribution in [3.05, 3.63) is 28.6 Å². The van der Waals surface area contributed by atoms with E-state index in [1.54, 1.807) is 6.07 Å². The molecule has 6 heteroatoms. The van der Waals surface area contributed by atoms with Crippen LogP contribution in [0.1, 0.15) is 10.4 Å². The molecule has 2 aromatic rings. The van der Waals surface area contributed by atoms with E-state index in [1.807, 2.05) is 0 Å². The van der Waals surface area contributed by atoms with Crippen LogP contribution < -0.4 is 5.73 Å². The average Bonchev–Trinajstić information content (AvgIpc) is 2.54. The van der Waals surface area contributed by atoms with E-state index < -0.39 is 11.1 Å². The number of nitrogens with zero attached hydrogens (tertiary/aromatic N) is 1. The summed E-state index contributed by atoms with van der Waals surface area (Å²) in [5.74, 6) is 0. The van der Waals surface area contributed by atoms with Gasteiger partial charge in [-0.25, -0.2) is 0 Å². The maximum Gasteiger partial charge on any atom is 0.426 e. The van der Waals surface area contributed by atoms with Gasteiger partial charge in [-0.3, -0.25) is 0 Å². The van der Waals surface area contributed by atoms with Gasteiger partial charge in [0.2, 0.25) is 0 Å². The number of hydrogen-bond donors (Lipinski definition) is 1. The summed E-state index contributed by atoms with van der Waals surface area (Å²) in [6.45, 7) is 0. The lowest BCUT2D eigenvalue weighted by Gasteiger charge is -2.02. The lowest BCUT2D eigenvalue weighted by Crippen LogP contribution is -2.03. The second-order valence-corrected chi connectivity index (χ2v) is 4.22. The lowest BCUT2D eigenvalue weighted by molar-refractivity contribution is -0.134. The van der Waals surface area contributed by atoms with E-state index in [9.17, 15) is 13.2 Å². The minimum absolute atomic E-state index is 0.264. The van der Waals surface area contributed by atoms with E-state index in [0.29, 0.717) is 21.7 Å². The summed E-state index contributed by atoms with van der Waals surface area (Å²) in [5.41, 5.74) is 5.48. The molecule has 0 amide bonds. The van der Waals surface area contributed by atoms with E-state index in [4.69, 9.17) is 11.0 Å². The molecule has 16 heavy (non-hydrogen) atoms. The topological polar surface area (TPSA) is 49.8 Å². The van der Waals surface area contributed by atoms with Gasteiger partial charge < -0.3 is 5.73 Å². The van der Waals surface area contributed by atoms with Crippen molar-refractivity contribution in [3.8, 4) is 6.07 Å². The molecule has 1 aromatic heterocycles. The lowest BCUT2D eigenvalue weighted by atomic mass is 10.1. The van der Waals surface area contributed by atoms with Crippen LogP contribution in [-0.2, 0) is 6.18 Å². The second-order valence-electron chi connectivity index (χ2n) is 3.17. The monoisotopic (exact) mass is 242 g/mol. The Morgan fingerprint density at radius 2 is 2.00 bits per heavy atom. The highest BCUT2D eigenvalue weighted by Crippen LogP contribution is 2.42. The minimum Gasteiger partial charge on any atom is -0.399 e. The van der Waals surface area contributed by atoms with Crippen molar-refractivity contribution >= 4 is 27.1 Å². The molecule has 0 saturated heterocycles. The molecular weight excluding hydrogens is 237 g/mol. The third kappa shape index (κ3) is 1.59. The molecule has 82 valence electrons. The molecular formula is C10H5F3N2S. The molecule has 0 saturated carbocycles. The maximum absolute atomic E-state index is 12.6. The zero-order valence-electron chi connectivity index (χ0n) is 7.80. The van der Waals surface area contributed by atoms with Gasteiger partial charge in [-0.15, -0.1) is 11.3 Å². The normalized spacial score (nSPS) is 11.6. The number of rotatable bonds is 0. The van der Waals surface area contributed by atoms with Crippen molar-refractivity contribution < 1.29 is 13.2 Å². The molecule has 0 atom stereocenters. The van der Waals surface area contributed by atoms with Gasteiger partial charge in [0.25, 0.3) is 0 Å². The molecule has 0 spiro atoms. The average molecular weight is 242 g/mol. The molecule has 0 fully saturated rings. The molecule has 0 aliphatic heterocycles. The van der Waals surface area contributed by atoms with Crippen LogP contribution in [0.15, 0.2) is 18.2 Å². The number of nitriles is 1. The minimum atomic E-state index is -4.50. The Kier molecular flexibility index (Phi) is 2.28. The summed E-state index contributed by atoms with van der Waals surface area (Å²) in [5, 5.41) is 9.04. The Bertz CT molecular complexity index is 592.